The van der Waals surface area contributed by atoms with Crippen LogP contribution in [-0.2, 0) is 9.59 Å². The van der Waals surface area contributed by atoms with Crippen LogP contribution < -0.4 is 16.0 Å². The van der Waals surface area contributed by atoms with Gasteiger partial charge in [-0.3, -0.25) is 20.2 Å². The fourth-order valence-electron chi connectivity index (χ4n) is 3.91. The van der Waals surface area contributed by atoms with Crippen LogP contribution in [0.15, 0.2) is 0 Å². The SMILES string of the molecule is O=C1NC(=O)N2CCNCCN3C(=O)NC(=O)C4C1C2C43. The van der Waals surface area contributed by atoms with E-state index < -0.39 is 47.8 Å². The summed E-state index contributed by atoms with van der Waals surface area (Å²) in [5.41, 5.74) is 0. The zero-order valence-electron chi connectivity index (χ0n) is 11.2. The molecule has 21 heavy (non-hydrogen) atoms. The average molecular weight is 293 g/mol. The summed E-state index contributed by atoms with van der Waals surface area (Å²) in [5, 5.41) is 7.77. The van der Waals surface area contributed by atoms with Crippen molar-refractivity contribution in [1.82, 2.24) is 25.8 Å². The molecule has 0 radical (unpaired) electrons. The van der Waals surface area contributed by atoms with E-state index in [1.807, 2.05) is 0 Å². The third-order valence-corrected chi connectivity index (χ3v) is 4.84. The van der Waals surface area contributed by atoms with E-state index in [0.717, 1.165) is 0 Å². The Hall–Kier alpha value is -2.16. The van der Waals surface area contributed by atoms with Crippen LogP contribution in [0.4, 0.5) is 9.59 Å². The highest BCUT2D eigenvalue weighted by Gasteiger charge is 2.67. The second-order valence-electron chi connectivity index (χ2n) is 5.76. The summed E-state index contributed by atoms with van der Waals surface area (Å²) in [7, 11) is 0. The number of rotatable bonds is 0. The highest BCUT2D eigenvalue weighted by molar-refractivity contribution is 6.07. The van der Waals surface area contributed by atoms with Gasteiger partial charge in [0.1, 0.15) is 0 Å². The molecule has 0 aromatic carbocycles. The summed E-state index contributed by atoms with van der Waals surface area (Å²) < 4.78 is 0. The maximum atomic E-state index is 12.1. The normalized spacial score (nSPS) is 38.5. The summed E-state index contributed by atoms with van der Waals surface area (Å²) in [6.07, 6.45) is 0. The number of nitrogens with one attached hydrogen (secondary N) is 3. The molecule has 1 saturated carbocycles. The van der Waals surface area contributed by atoms with E-state index in [2.05, 4.69) is 16.0 Å². The maximum absolute atomic E-state index is 12.1. The zero-order chi connectivity index (χ0) is 14.7. The topological polar surface area (TPSA) is 111 Å². The molecule has 3 heterocycles. The minimum Gasteiger partial charge on any atom is -0.317 e. The lowest BCUT2D eigenvalue weighted by Crippen LogP contribution is -2.82. The molecule has 3 N–H and O–H groups in total. The summed E-state index contributed by atoms with van der Waals surface area (Å²) in [5.74, 6) is -1.97. The fourth-order valence-corrected chi connectivity index (χ4v) is 3.91. The molecule has 0 bridgehead atoms. The van der Waals surface area contributed by atoms with Crippen molar-refractivity contribution in [2.75, 3.05) is 26.2 Å². The minimum absolute atomic E-state index is 0.397. The molecule has 9 nitrogen and oxygen atoms in total. The van der Waals surface area contributed by atoms with E-state index >= 15 is 0 Å². The van der Waals surface area contributed by atoms with E-state index in [0.29, 0.717) is 26.2 Å². The van der Waals surface area contributed by atoms with Crippen LogP contribution in [0.25, 0.3) is 0 Å². The average Bonchev–Trinajstić information content (AvgIpc) is 2.47. The first-order chi connectivity index (χ1) is 10.1. The Bertz CT molecular complexity index is 516. The molecule has 0 aromatic heterocycles. The number of carbonyl (C=O) groups excluding carboxylic acids is 4. The lowest BCUT2D eigenvalue weighted by atomic mass is 9.61. The van der Waals surface area contributed by atoms with Crippen LogP contribution in [0.1, 0.15) is 0 Å². The van der Waals surface area contributed by atoms with Gasteiger partial charge in [-0.05, 0) is 0 Å². The fraction of sp³-hybridized carbons (Fsp3) is 0.667. The van der Waals surface area contributed by atoms with Crippen molar-refractivity contribution >= 4 is 23.9 Å². The van der Waals surface area contributed by atoms with Gasteiger partial charge in [0, 0.05) is 26.2 Å². The molecule has 4 atom stereocenters. The summed E-state index contributed by atoms with van der Waals surface area (Å²) in [6.45, 7) is 2.08. The summed E-state index contributed by atoms with van der Waals surface area (Å²) >= 11 is 0. The van der Waals surface area contributed by atoms with E-state index in [-0.39, 0.29) is 0 Å². The van der Waals surface area contributed by atoms with E-state index in [1.165, 1.54) is 0 Å². The van der Waals surface area contributed by atoms with Gasteiger partial charge in [-0.15, -0.1) is 0 Å². The predicted molar refractivity (Wildman–Crippen MR) is 67.9 cm³/mol. The van der Waals surface area contributed by atoms with Gasteiger partial charge >= 0.3 is 12.1 Å². The number of hydrogen-bond donors (Lipinski definition) is 3. The molecule has 4 fully saturated rings. The van der Waals surface area contributed by atoms with Crippen LogP contribution in [0, 0.1) is 11.8 Å². The van der Waals surface area contributed by atoms with Gasteiger partial charge in [0.2, 0.25) is 11.8 Å². The quantitative estimate of drug-likeness (QED) is 0.464. The van der Waals surface area contributed by atoms with Gasteiger partial charge < -0.3 is 15.1 Å². The number of nitrogens with zero attached hydrogens (tertiary/aromatic N) is 2. The molecule has 4 unspecified atom stereocenters. The number of imide groups is 2. The Morgan fingerprint density at radius 2 is 1.19 bits per heavy atom. The number of hydrogen-bond acceptors (Lipinski definition) is 5. The Morgan fingerprint density at radius 3 is 1.62 bits per heavy atom. The molecular weight excluding hydrogens is 278 g/mol. The third-order valence-electron chi connectivity index (χ3n) is 4.84. The smallest absolute Gasteiger partial charge is 0.317 e. The van der Waals surface area contributed by atoms with Gasteiger partial charge in [-0.25, -0.2) is 9.59 Å². The van der Waals surface area contributed by atoms with Crippen molar-refractivity contribution in [3.05, 3.63) is 0 Å². The number of carbonyl (C=O) groups is 4. The molecule has 112 valence electrons. The first kappa shape index (κ1) is 12.6. The third kappa shape index (κ3) is 1.54. The molecule has 0 aromatic rings. The molecule has 3 saturated heterocycles. The second-order valence-corrected chi connectivity index (χ2v) is 5.76. The van der Waals surface area contributed by atoms with Crippen molar-refractivity contribution in [2.45, 2.75) is 12.1 Å². The molecular formula is C12H15N5O4. The number of urea groups is 2. The summed E-state index contributed by atoms with van der Waals surface area (Å²) in [4.78, 5) is 51.3. The monoisotopic (exact) mass is 293 g/mol. The Morgan fingerprint density at radius 1 is 0.762 bits per heavy atom. The van der Waals surface area contributed by atoms with Crippen molar-refractivity contribution in [3.8, 4) is 0 Å². The van der Waals surface area contributed by atoms with Crippen molar-refractivity contribution < 1.29 is 19.2 Å². The molecule has 1 aliphatic carbocycles. The van der Waals surface area contributed by atoms with Gasteiger partial charge in [0.05, 0.1) is 23.9 Å². The van der Waals surface area contributed by atoms with Crippen LogP contribution in [0.5, 0.6) is 0 Å². The van der Waals surface area contributed by atoms with E-state index in [1.54, 1.807) is 9.80 Å². The maximum Gasteiger partial charge on any atom is 0.324 e. The largest absolute Gasteiger partial charge is 0.324 e. The molecule has 6 amide bonds. The van der Waals surface area contributed by atoms with Crippen LogP contribution >= 0.6 is 0 Å². The molecule has 3 aliphatic heterocycles. The van der Waals surface area contributed by atoms with Crippen LogP contribution in [-0.4, -0.2) is 71.9 Å². The highest BCUT2D eigenvalue weighted by atomic mass is 16.2. The Balaban J connectivity index is 1.77. The van der Waals surface area contributed by atoms with Crippen LogP contribution in [0.3, 0.4) is 0 Å². The summed E-state index contributed by atoms with van der Waals surface area (Å²) in [6, 6.07) is -1.68. The lowest BCUT2D eigenvalue weighted by molar-refractivity contribution is -0.162. The Kier molecular flexibility index (Phi) is 2.49. The zero-order valence-corrected chi connectivity index (χ0v) is 11.2. The number of fused-ring (bicyclic) bond motifs is 1. The minimum atomic E-state index is -0.568. The Labute approximate surface area is 120 Å². The van der Waals surface area contributed by atoms with E-state index in [4.69, 9.17) is 0 Å². The number of amides is 6. The molecule has 0 spiro atoms. The van der Waals surface area contributed by atoms with Gasteiger partial charge in [0.25, 0.3) is 0 Å². The standard InChI is InChI=1S/C12H15N5O4/c18-9-5-6-8-7(5)16(11(20)14-9)3-1-13-2-4-17(8)12(21)15-10(6)19/h5-8,13H,1-4H2,(H,14,18,20)(H,15,19,21). The first-order valence-electron chi connectivity index (χ1n) is 7.03. The van der Waals surface area contributed by atoms with Crippen molar-refractivity contribution in [3.63, 3.8) is 0 Å². The lowest BCUT2D eigenvalue weighted by Gasteiger charge is -2.60. The van der Waals surface area contributed by atoms with Gasteiger partial charge in [-0.2, -0.15) is 0 Å². The molecule has 4 aliphatic rings. The van der Waals surface area contributed by atoms with Crippen LogP contribution in [0.2, 0.25) is 0 Å². The second kappa shape index (κ2) is 4.17. The molecule has 4 rings (SSSR count). The van der Waals surface area contributed by atoms with Gasteiger partial charge in [0.15, 0.2) is 0 Å². The van der Waals surface area contributed by atoms with Gasteiger partial charge in [-0.1, -0.05) is 0 Å². The molecule has 9 heteroatoms. The predicted octanol–water partition coefficient (Wildman–Crippen LogP) is -2.32. The first-order valence-corrected chi connectivity index (χ1v) is 7.03. The van der Waals surface area contributed by atoms with Crippen molar-refractivity contribution in [1.29, 1.82) is 0 Å². The van der Waals surface area contributed by atoms with E-state index in [9.17, 15) is 19.2 Å². The van der Waals surface area contributed by atoms with Crippen molar-refractivity contribution in [2.24, 2.45) is 11.8 Å². The highest BCUT2D eigenvalue weighted by Crippen LogP contribution is 2.45.